The van der Waals surface area contributed by atoms with Gasteiger partial charge in [-0.05, 0) is 31.0 Å². The molecule has 0 aliphatic rings. The van der Waals surface area contributed by atoms with Gasteiger partial charge < -0.3 is 15.5 Å². The summed E-state index contributed by atoms with van der Waals surface area (Å²) in [5.41, 5.74) is 1.93. The molecule has 4 nitrogen and oxygen atoms in total. The van der Waals surface area contributed by atoms with Gasteiger partial charge in [-0.25, -0.2) is 0 Å². The Bertz CT molecular complexity index is 346. The van der Waals surface area contributed by atoms with Crippen molar-refractivity contribution >= 4 is 5.97 Å². The van der Waals surface area contributed by atoms with Gasteiger partial charge in [0.15, 0.2) is 0 Å². The van der Waals surface area contributed by atoms with Crippen molar-refractivity contribution in [1.29, 1.82) is 0 Å². The highest BCUT2D eigenvalue weighted by molar-refractivity contribution is 5.70. The Balaban J connectivity index is 2.32. The van der Waals surface area contributed by atoms with Crippen molar-refractivity contribution in [2.45, 2.75) is 32.4 Å². The summed E-state index contributed by atoms with van der Waals surface area (Å²) in [6.07, 6.45) is 0.521. The van der Waals surface area contributed by atoms with Gasteiger partial charge in [0.25, 0.3) is 0 Å². The Kier molecular flexibility index (Phi) is 5.66. The molecule has 1 aromatic carbocycles. The molecular formula is C13H19NO3. The fourth-order valence-corrected chi connectivity index (χ4v) is 1.49. The third kappa shape index (κ3) is 6.04. The predicted octanol–water partition coefficient (Wildman–Crippen LogP) is 1.17. The van der Waals surface area contributed by atoms with Crippen LogP contribution in [-0.4, -0.2) is 28.8 Å². The van der Waals surface area contributed by atoms with E-state index in [1.807, 2.05) is 24.3 Å². The number of hydrogen-bond acceptors (Lipinski definition) is 3. The van der Waals surface area contributed by atoms with Crippen molar-refractivity contribution in [2.75, 3.05) is 6.54 Å². The summed E-state index contributed by atoms with van der Waals surface area (Å²) >= 11 is 0. The minimum Gasteiger partial charge on any atom is -0.481 e. The number of carbonyl (C=O) groups is 1. The number of nitrogens with one attached hydrogen (secondary N) is 1. The molecule has 1 unspecified atom stereocenters. The van der Waals surface area contributed by atoms with Crippen LogP contribution in [0.15, 0.2) is 24.3 Å². The second kappa shape index (κ2) is 7.04. The number of rotatable bonds is 7. The average molecular weight is 237 g/mol. The Morgan fingerprint density at radius 1 is 1.29 bits per heavy atom. The van der Waals surface area contributed by atoms with Crippen LogP contribution in [0.2, 0.25) is 0 Å². The second-order valence-corrected chi connectivity index (χ2v) is 4.20. The van der Waals surface area contributed by atoms with Crippen molar-refractivity contribution in [2.24, 2.45) is 0 Å². The molecule has 0 saturated carbocycles. The molecule has 0 bridgehead atoms. The summed E-state index contributed by atoms with van der Waals surface area (Å²) < 4.78 is 0. The predicted molar refractivity (Wildman–Crippen MR) is 65.8 cm³/mol. The van der Waals surface area contributed by atoms with Crippen LogP contribution in [0.25, 0.3) is 0 Å². The van der Waals surface area contributed by atoms with Crippen LogP contribution in [0, 0.1) is 0 Å². The van der Waals surface area contributed by atoms with E-state index in [2.05, 4.69) is 5.32 Å². The molecule has 0 aromatic heterocycles. The maximum absolute atomic E-state index is 10.5. The third-order valence-electron chi connectivity index (χ3n) is 2.45. The number of hydrogen-bond donors (Lipinski definition) is 3. The molecule has 0 amide bonds. The normalized spacial score (nSPS) is 12.4. The van der Waals surface area contributed by atoms with Gasteiger partial charge in [-0.3, -0.25) is 4.79 Å². The van der Waals surface area contributed by atoms with Crippen molar-refractivity contribution in [3.05, 3.63) is 35.4 Å². The van der Waals surface area contributed by atoms with Crippen LogP contribution in [-0.2, 0) is 17.8 Å². The highest BCUT2D eigenvalue weighted by Crippen LogP contribution is 2.05. The molecule has 1 rings (SSSR count). The molecule has 0 aliphatic heterocycles. The van der Waals surface area contributed by atoms with Gasteiger partial charge in [-0.2, -0.15) is 0 Å². The number of carboxylic acid groups (broad SMARTS) is 1. The summed E-state index contributed by atoms with van der Waals surface area (Å²) in [5, 5.41) is 20.9. The molecule has 1 atom stereocenters. The lowest BCUT2D eigenvalue weighted by Crippen LogP contribution is -2.18. The maximum Gasteiger partial charge on any atom is 0.307 e. The van der Waals surface area contributed by atoms with Crippen molar-refractivity contribution < 1.29 is 15.0 Å². The first-order valence-corrected chi connectivity index (χ1v) is 5.76. The number of aliphatic hydroxyl groups excluding tert-OH is 1. The first-order valence-electron chi connectivity index (χ1n) is 5.76. The molecule has 0 radical (unpaired) electrons. The minimum atomic E-state index is -0.812. The van der Waals surface area contributed by atoms with E-state index in [9.17, 15) is 4.79 Å². The van der Waals surface area contributed by atoms with Crippen molar-refractivity contribution in [3.63, 3.8) is 0 Å². The summed E-state index contributed by atoms with van der Waals surface area (Å²) in [7, 11) is 0. The number of benzene rings is 1. The van der Waals surface area contributed by atoms with Crippen molar-refractivity contribution in [3.8, 4) is 0 Å². The Labute approximate surface area is 101 Å². The zero-order valence-electron chi connectivity index (χ0n) is 10.0. The van der Waals surface area contributed by atoms with E-state index in [1.165, 1.54) is 0 Å². The van der Waals surface area contributed by atoms with Gasteiger partial charge in [0.05, 0.1) is 12.5 Å². The molecular weight excluding hydrogens is 218 g/mol. The Morgan fingerprint density at radius 2 is 1.88 bits per heavy atom. The highest BCUT2D eigenvalue weighted by atomic mass is 16.4. The number of aliphatic carboxylic acids is 1. The van der Waals surface area contributed by atoms with Gasteiger partial charge in [0.2, 0.25) is 0 Å². The Hall–Kier alpha value is -1.39. The van der Waals surface area contributed by atoms with Gasteiger partial charge >= 0.3 is 5.97 Å². The third-order valence-corrected chi connectivity index (χ3v) is 2.45. The maximum atomic E-state index is 10.5. The van der Waals surface area contributed by atoms with Crippen LogP contribution in [0.4, 0.5) is 0 Å². The summed E-state index contributed by atoms with van der Waals surface area (Å²) in [4.78, 5) is 10.5. The monoisotopic (exact) mass is 237 g/mol. The largest absolute Gasteiger partial charge is 0.481 e. The van der Waals surface area contributed by atoms with E-state index >= 15 is 0 Å². The zero-order valence-corrected chi connectivity index (χ0v) is 10.0. The molecule has 17 heavy (non-hydrogen) atoms. The lowest BCUT2D eigenvalue weighted by Gasteiger charge is -2.07. The molecule has 94 valence electrons. The molecule has 0 saturated heterocycles. The lowest BCUT2D eigenvalue weighted by molar-refractivity contribution is -0.136. The summed E-state index contributed by atoms with van der Waals surface area (Å²) in [6.45, 7) is 3.27. The fraction of sp³-hybridized carbons (Fsp3) is 0.462. The number of carboxylic acids is 1. The first kappa shape index (κ1) is 13.7. The molecule has 3 N–H and O–H groups in total. The minimum absolute atomic E-state index is 0.0652. The fourth-order valence-electron chi connectivity index (χ4n) is 1.49. The van der Waals surface area contributed by atoms with Crippen LogP contribution < -0.4 is 5.32 Å². The molecule has 0 fully saturated rings. The molecule has 0 aliphatic carbocycles. The van der Waals surface area contributed by atoms with Gasteiger partial charge in [0, 0.05) is 6.54 Å². The highest BCUT2D eigenvalue weighted by Gasteiger charge is 2.00. The Morgan fingerprint density at radius 3 is 2.41 bits per heavy atom. The van der Waals surface area contributed by atoms with Gasteiger partial charge in [0.1, 0.15) is 0 Å². The van der Waals surface area contributed by atoms with Gasteiger partial charge in [-0.15, -0.1) is 0 Å². The SMILES string of the molecule is CC(O)CCNCc1ccc(CC(=O)O)cc1. The molecule has 4 heteroatoms. The summed E-state index contributed by atoms with van der Waals surface area (Å²) in [6, 6.07) is 7.51. The van der Waals surface area contributed by atoms with Gasteiger partial charge in [-0.1, -0.05) is 24.3 Å². The topological polar surface area (TPSA) is 69.6 Å². The van der Waals surface area contributed by atoms with E-state index in [1.54, 1.807) is 6.92 Å². The van der Waals surface area contributed by atoms with Crippen LogP contribution in [0.5, 0.6) is 0 Å². The van der Waals surface area contributed by atoms with Crippen LogP contribution in [0.3, 0.4) is 0 Å². The standard InChI is InChI=1S/C13H19NO3/c1-10(15)6-7-14-9-12-4-2-11(3-5-12)8-13(16)17/h2-5,10,14-15H,6-9H2,1H3,(H,16,17). The van der Waals surface area contributed by atoms with E-state index < -0.39 is 5.97 Å². The van der Waals surface area contributed by atoms with E-state index in [0.717, 1.165) is 30.6 Å². The van der Waals surface area contributed by atoms with Crippen LogP contribution in [0.1, 0.15) is 24.5 Å². The first-order chi connectivity index (χ1) is 8.08. The lowest BCUT2D eigenvalue weighted by atomic mass is 10.1. The average Bonchev–Trinajstić information content (AvgIpc) is 2.25. The van der Waals surface area contributed by atoms with Crippen LogP contribution >= 0.6 is 0 Å². The van der Waals surface area contributed by atoms with E-state index in [0.29, 0.717) is 0 Å². The number of aliphatic hydroxyl groups is 1. The molecule has 0 heterocycles. The summed E-state index contributed by atoms with van der Waals surface area (Å²) in [5.74, 6) is -0.812. The second-order valence-electron chi connectivity index (χ2n) is 4.20. The van der Waals surface area contributed by atoms with Crippen molar-refractivity contribution in [1.82, 2.24) is 5.32 Å². The molecule has 0 spiro atoms. The zero-order chi connectivity index (χ0) is 12.7. The quantitative estimate of drug-likeness (QED) is 0.623. The smallest absolute Gasteiger partial charge is 0.307 e. The molecule has 1 aromatic rings. The van der Waals surface area contributed by atoms with E-state index in [4.69, 9.17) is 10.2 Å². The van der Waals surface area contributed by atoms with E-state index in [-0.39, 0.29) is 12.5 Å².